The molecule has 21 heavy (non-hydrogen) atoms. The first-order valence-electron chi connectivity index (χ1n) is 6.52. The second-order valence-electron chi connectivity index (χ2n) is 4.74. The normalized spacial score (nSPS) is 11.6. The molecule has 0 saturated heterocycles. The van der Waals surface area contributed by atoms with Crippen LogP contribution >= 0.6 is 0 Å². The van der Waals surface area contributed by atoms with Gasteiger partial charge in [-0.25, -0.2) is 9.80 Å². The molecule has 0 aliphatic rings. The Balaban J connectivity index is 2.96. The van der Waals surface area contributed by atoms with E-state index in [9.17, 15) is 13.2 Å². The van der Waals surface area contributed by atoms with Crippen molar-refractivity contribution in [2.45, 2.75) is 26.8 Å². The van der Waals surface area contributed by atoms with E-state index in [-0.39, 0.29) is 13.1 Å². The van der Waals surface area contributed by atoms with E-state index in [2.05, 4.69) is 0 Å². The number of hydrogen-bond donors (Lipinski definition) is 1. The van der Waals surface area contributed by atoms with E-state index < -0.39 is 16.1 Å². The average Bonchev–Trinajstić information content (AvgIpc) is 2.35. The van der Waals surface area contributed by atoms with Gasteiger partial charge in [0.1, 0.15) is 0 Å². The summed E-state index contributed by atoms with van der Waals surface area (Å²) in [5.74, 6) is 0. The van der Waals surface area contributed by atoms with Gasteiger partial charge in [-0.3, -0.25) is 0 Å². The monoisotopic (exact) mass is 315 g/mol. The molecule has 118 valence electrons. The summed E-state index contributed by atoms with van der Waals surface area (Å²) in [5.41, 5.74) is 7.24. The highest BCUT2D eigenvalue weighted by Gasteiger charge is 2.23. The van der Waals surface area contributed by atoms with Crippen molar-refractivity contribution in [1.82, 2.24) is 10.2 Å². The third-order valence-corrected chi connectivity index (χ3v) is 3.06. The number of amides is 2. The van der Waals surface area contributed by atoms with E-state index in [1.54, 1.807) is 0 Å². The lowest BCUT2D eigenvalue weighted by Gasteiger charge is -2.31. The Morgan fingerprint density at radius 1 is 1.29 bits per heavy atom. The highest BCUT2D eigenvalue weighted by molar-refractivity contribution is 7.85. The Labute approximate surface area is 125 Å². The van der Waals surface area contributed by atoms with Crippen LogP contribution in [0.3, 0.4) is 0 Å². The van der Waals surface area contributed by atoms with Gasteiger partial charge in [-0.15, -0.1) is 0 Å². The third kappa shape index (κ3) is 6.11. The number of nitrogens with zero attached hydrogens (tertiary/aromatic N) is 2. The summed E-state index contributed by atoms with van der Waals surface area (Å²) in [5, 5.41) is 2.05. The minimum Gasteiger partial charge on any atom is -0.350 e. The van der Waals surface area contributed by atoms with Gasteiger partial charge in [0, 0.05) is 6.54 Å². The number of carbonyl (C=O) groups is 1. The summed E-state index contributed by atoms with van der Waals surface area (Å²) < 4.78 is 27.4. The van der Waals surface area contributed by atoms with Gasteiger partial charge in [0.25, 0.3) is 10.1 Å². The van der Waals surface area contributed by atoms with E-state index in [4.69, 9.17) is 10.0 Å². The number of urea groups is 1. The quantitative estimate of drug-likeness (QED) is 0.768. The van der Waals surface area contributed by atoms with Gasteiger partial charge in [0.15, 0.2) is 0 Å². The zero-order valence-electron chi connectivity index (χ0n) is 12.4. The van der Waals surface area contributed by atoms with Crippen LogP contribution in [0, 0.1) is 6.92 Å². The van der Waals surface area contributed by atoms with Crippen LogP contribution in [0.4, 0.5) is 4.79 Å². The predicted molar refractivity (Wildman–Crippen MR) is 79.2 cm³/mol. The van der Waals surface area contributed by atoms with Crippen molar-refractivity contribution in [2.24, 2.45) is 5.73 Å². The number of hydroxylamine groups is 1. The molecule has 0 unspecified atom stereocenters. The van der Waals surface area contributed by atoms with Crippen LogP contribution in [-0.4, -0.2) is 37.4 Å². The Morgan fingerprint density at radius 2 is 1.86 bits per heavy atom. The van der Waals surface area contributed by atoms with Crippen molar-refractivity contribution >= 4 is 16.1 Å². The molecular formula is C13H21N3O4S. The van der Waals surface area contributed by atoms with Gasteiger partial charge in [-0.1, -0.05) is 41.9 Å². The lowest BCUT2D eigenvalue weighted by molar-refractivity contribution is -0.191. The van der Waals surface area contributed by atoms with Crippen LogP contribution in [0.25, 0.3) is 0 Å². The number of hydrazine groups is 1. The second kappa shape index (κ2) is 7.39. The number of benzene rings is 1. The molecule has 2 amide bonds. The van der Waals surface area contributed by atoms with Crippen molar-refractivity contribution in [3.8, 4) is 0 Å². The summed E-state index contributed by atoms with van der Waals surface area (Å²) in [6.45, 7) is 4.14. The highest BCUT2D eigenvalue weighted by Crippen LogP contribution is 2.11. The summed E-state index contributed by atoms with van der Waals surface area (Å²) in [6, 6.07) is 6.70. The smallest absolute Gasteiger partial charge is 0.331 e. The van der Waals surface area contributed by atoms with Crippen molar-refractivity contribution in [3.63, 3.8) is 0 Å². The van der Waals surface area contributed by atoms with Crippen LogP contribution in [0.15, 0.2) is 24.3 Å². The fourth-order valence-corrected chi connectivity index (χ4v) is 2.15. The SMILES string of the molecule is CCCN(OS(C)(=O)=O)N(Cc1ccc(C)cc1)C(N)=O. The van der Waals surface area contributed by atoms with E-state index in [1.165, 1.54) is 0 Å². The van der Waals surface area contributed by atoms with E-state index in [1.807, 2.05) is 38.1 Å². The molecule has 0 atom stereocenters. The average molecular weight is 315 g/mol. The van der Waals surface area contributed by atoms with Crippen LogP contribution in [0.5, 0.6) is 0 Å². The van der Waals surface area contributed by atoms with E-state index >= 15 is 0 Å². The number of hydrogen-bond acceptors (Lipinski definition) is 5. The second-order valence-corrected chi connectivity index (χ2v) is 6.29. The first-order chi connectivity index (χ1) is 9.73. The Morgan fingerprint density at radius 3 is 2.29 bits per heavy atom. The summed E-state index contributed by atoms with van der Waals surface area (Å²) in [4.78, 5) is 11.6. The van der Waals surface area contributed by atoms with Crippen LogP contribution in [0.1, 0.15) is 24.5 Å². The maximum absolute atomic E-state index is 11.6. The Hall–Kier alpha value is -1.64. The molecule has 0 bridgehead atoms. The largest absolute Gasteiger partial charge is 0.350 e. The molecule has 8 heteroatoms. The molecule has 0 saturated carbocycles. The fourth-order valence-electron chi connectivity index (χ4n) is 1.68. The minimum absolute atomic E-state index is 0.130. The topological polar surface area (TPSA) is 92.9 Å². The van der Waals surface area contributed by atoms with Crippen LogP contribution < -0.4 is 5.73 Å². The standard InChI is InChI=1S/C13H21N3O4S/c1-4-9-16(20-21(3,18)19)15(13(14)17)10-12-7-5-11(2)6-8-12/h5-8H,4,9-10H2,1-3H3,(H2,14,17). The zero-order valence-corrected chi connectivity index (χ0v) is 13.3. The molecule has 0 aliphatic heterocycles. The van der Waals surface area contributed by atoms with Crippen molar-refractivity contribution < 1.29 is 17.5 Å². The fraction of sp³-hybridized carbons (Fsp3) is 0.462. The first-order valence-corrected chi connectivity index (χ1v) is 8.34. The van der Waals surface area contributed by atoms with Gasteiger partial charge in [0.2, 0.25) is 0 Å². The number of carbonyl (C=O) groups excluding carboxylic acids is 1. The molecule has 0 spiro atoms. The lowest BCUT2D eigenvalue weighted by Crippen LogP contribution is -2.49. The maximum Gasteiger partial charge on any atom is 0.331 e. The molecule has 7 nitrogen and oxygen atoms in total. The molecule has 1 aromatic rings. The summed E-state index contributed by atoms with van der Waals surface area (Å²) in [6.07, 6.45) is 1.51. The summed E-state index contributed by atoms with van der Waals surface area (Å²) in [7, 11) is -3.75. The molecule has 1 rings (SSSR count). The van der Waals surface area contributed by atoms with Crippen LogP contribution in [-0.2, 0) is 20.9 Å². The van der Waals surface area contributed by atoms with E-state index in [0.717, 1.165) is 27.6 Å². The Bertz CT molecular complexity index is 572. The van der Waals surface area contributed by atoms with Gasteiger partial charge >= 0.3 is 6.03 Å². The van der Waals surface area contributed by atoms with Crippen molar-refractivity contribution in [2.75, 3.05) is 12.8 Å². The van der Waals surface area contributed by atoms with E-state index in [0.29, 0.717) is 6.42 Å². The predicted octanol–water partition coefficient (Wildman–Crippen LogP) is 1.39. The third-order valence-electron chi connectivity index (χ3n) is 2.61. The molecule has 0 fully saturated rings. The van der Waals surface area contributed by atoms with Gasteiger partial charge < -0.3 is 5.73 Å². The van der Waals surface area contributed by atoms with Crippen molar-refractivity contribution in [1.29, 1.82) is 0 Å². The van der Waals surface area contributed by atoms with Gasteiger partial charge in [-0.2, -0.15) is 12.7 Å². The molecular weight excluding hydrogens is 294 g/mol. The van der Waals surface area contributed by atoms with Gasteiger partial charge in [0.05, 0.1) is 12.8 Å². The number of primary amides is 1. The van der Waals surface area contributed by atoms with Gasteiger partial charge in [-0.05, 0) is 18.9 Å². The maximum atomic E-state index is 11.6. The number of rotatable bonds is 7. The molecule has 1 aromatic carbocycles. The molecule has 0 aliphatic carbocycles. The minimum atomic E-state index is -3.75. The molecule has 0 heterocycles. The molecule has 2 N–H and O–H groups in total. The highest BCUT2D eigenvalue weighted by atomic mass is 32.2. The number of aryl methyl sites for hydroxylation is 1. The lowest BCUT2D eigenvalue weighted by atomic mass is 10.1. The first kappa shape index (κ1) is 17.4. The summed E-state index contributed by atoms with van der Waals surface area (Å²) >= 11 is 0. The van der Waals surface area contributed by atoms with Crippen molar-refractivity contribution in [3.05, 3.63) is 35.4 Å². The Kier molecular flexibility index (Phi) is 6.13. The van der Waals surface area contributed by atoms with Crippen LogP contribution in [0.2, 0.25) is 0 Å². The molecule has 0 radical (unpaired) electrons. The zero-order chi connectivity index (χ0) is 16.0. The number of nitrogens with two attached hydrogens (primary N) is 1. The molecule has 0 aromatic heterocycles.